The average Bonchev–Trinajstić information content (AvgIpc) is 2.69. The van der Waals surface area contributed by atoms with Gasteiger partial charge in [-0.05, 0) is 10.8 Å². The lowest BCUT2D eigenvalue weighted by Crippen LogP contribution is -2.51. The summed E-state index contributed by atoms with van der Waals surface area (Å²) >= 11 is 0. The Hall–Kier alpha value is -1.01. The Morgan fingerprint density at radius 2 is 1.67 bits per heavy atom. The Morgan fingerprint density at radius 1 is 1.19 bits per heavy atom. The minimum Gasteiger partial charge on any atom is -0.357 e. The van der Waals surface area contributed by atoms with Crippen LogP contribution in [0.2, 0.25) is 0 Å². The molecule has 1 heterocycles. The van der Waals surface area contributed by atoms with E-state index in [2.05, 4.69) is 5.16 Å². The number of aromatic nitrogens is 1. The molecule has 0 saturated heterocycles. The number of hydrogen-bond acceptors (Lipinski definition) is 5. The van der Waals surface area contributed by atoms with Crippen LogP contribution in [0.4, 0.5) is 0 Å². The summed E-state index contributed by atoms with van der Waals surface area (Å²) in [6.07, 6.45) is 0.501. The van der Waals surface area contributed by atoms with Crippen molar-refractivity contribution in [3.05, 3.63) is 17.5 Å². The third-order valence-corrected chi connectivity index (χ3v) is 3.88. The number of carbonyl (C=O) groups is 1. The average molecular weight is 319 g/mol. The van der Waals surface area contributed by atoms with Gasteiger partial charge in [0.1, 0.15) is 11.3 Å². The van der Waals surface area contributed by atoms with Crippen LogP contribution in [0, 0.1) is 10.8 Å². The van der Waals surface area contributed by atoms with Crippen LogP contribution in [-0.2, 0) is 14.7 Å². The van der Waals surface area contributed by atoms with Crippen LogP contribution >= 0.6 is 7.82 Å². The highest BCUT2D eigenvalue weighted by molar-refractivity contribution is 7.46. The van der Waals surface area contributed by atoms with Crippen LogP contribution < -0.4 is 0 Å². The Balaban J connectivity index is 3.67. The van der Waals surface area contributed by atoms with Gasteiger partial charge in [0.15, 0.2) is 12.0 Å². The van der Waals surface area contributed by atoms with E-state index in [0.29, 0.717) is 6.29 Å². The zero-order valence-electron chi connectivity index (χ0n) is 13.1. The third-order valence-electron chi connectivity index (χ3n) is 3.36. The number of phosphoric acid groups is 1. The Bertz CT molecular complexity index is 546. The number of aldehydes is 1. The molecule has 1 aromatic heterocycles. The fourth-order valence-corrected chi connectivity index (χ4v) is 3.87. The van der Waals surface area contributed by atoms with E-state index in [4.69, 9.17) is 9.05 Å². The van der Waals surface area contributed by atoms with Gasteiger partial charge in [0.05, 0.1) is 0 Å². The highest BCUT2D eigenvalue weighted by atomic mass is 31.2. The summed E-state index contributed by atoms with van der Waals surface area (Å²) in [5.74, 6) is 0.105. The van der Waals surface area contributed by atoms with Crippen LogP contribution in [-0.4, -0.2) is 21.2 Å². The largest absolute Gasteiger partial charge is 0.470 e. The lowest BCUT2D eigenvalue weighted by Gasteiger charge is -2.50. The molecule has 21 heavy (non-hydrogen) atoms. The van der Waals surface area contributed by atoms with Crippen LogP contribution in [0.25, 0.3) is 0 Å². The summed E-state index contributed by atoms with van der Waals surface area (Å²) < 4.78 is 21.9. The molecule has 1 rings (SSSR count). The summed E-state index contributed by atoms with van der Waals surface area (Å²) in [5.41, 5.74) is -2.93. The second-order valence-corrected chi connectivity index (χ2v) is 8.16. The first-order valence-corrected chi connectivity index (χ1v) is 7.96. The molecule has 0 atom stereocenters. The molecule has 1 aromatic rings. The van der Waals surface area contributed by atoms with E-state index in [1.54, 1.807) is 41.5 Å². The molecular weight excluding hydrogens is 297 g/mol. The van der Waals surface area contributed by atoms with Crippen LogP contribution in [0.1, 0.15) is 57.8 Å². The topological polar surface area (TPSA) is 110 Å². The molecule has 0 spiro atoms. The van der Waals surface area contributed by atoms with Crippen molar-refractivity contribution in [1.29, 1.82) is 0 Å². The number of carbonyl (C=O) groups excluding carboxylic acids is 1. The molecule has 120 valence electrons. The highest BCUT2D eigenvalue weighted by Gasteiger charge is 2.59. The lowest BCUT2D eigenvalue weighted by atomic mass is 9.61. The summed E-state index contributed by atoms with van der Waals surface area (Å²) in [4.78, 5) is 29.5. The van der Waals surface area contributed by atoms with Crippen molar-refractivity contribution in [2.45, 2.75) is 47.1 Å². The molecule has 0 fully saturated rings. The van der Waals surface area contributed by atoms with Gasteiger partial charge in [-0.15, -0.1) is 0 Å². The first-order chi connectivity index (χ1) is 9.24. The number of rotatable bonds is 4. The quantitative estimate of drug-likeness (QED) is 0.648. The van der Waals surface area contributed by atoms with Crippen molar-refractivity contribution in [3.8, 4) is 0 Å². The van der Waals surface area contributed by atoms with E-state index < -0.39 is 24.3 Å². The SMILES string of the molecule is CC(C)(C)C(OP(=O)(O)O)(c1cc(C=O)no1)C(C)(C)C. The molecule has 0 amide bonds. The zero-order valence-corrected chi connectivity index (χ0v) is 14.0. The number of hydrogen-bond donors (Lipinski definition) is 2. The van der Waals surface area contributed by atoms with Gasteiger partial charge in [-0.3, -0.25) is 9.32 Å². The molecule has 2 N–H and O–H groups in total. The van der Waals surface area contributed by atoms with Crippen molar-refractivity contribution in [2.75, 3.05) is 0 Å². The number of phosphoric ester groups is 1. The second-order valence-electron chi connectivity index (χ2n) is 7.00. The maximum atomic E-state index is 11.5. The van der Waals surface area contributed by atoms with Gasteiger partial charge in [-0.2, -0.15) is 0 Å². The van der Waals surface area contributed by atoms with E-state index in [1.807, 2.05) is 0 Å². The molecule has 0 radical (unpaired) electrons. The molecule has 0 aliphatic carbocycles. The van der Waals surface area contributed by atoms with Crippen molar-refractivity contribution in [3.63, 3.8) is 0 Å². The van der Waals surface area contributed by atoms with Gasteiger partial charge in [-0.1, -0.05) is 46.7 Å². The fraction of sp³-hybridized carbons (Fsp3) is 0.692. The van der Waals surface area contributed by atoms with E-state index in [-0.39, 0.29) is 11.5 Å². The van der Waals surface area contributed by atoms with Gasteiger partial charge in [0.25, 0.3) is 0 Å². The summed E-state index contributed by atoms with van der Waals surface area (Å²) in [5, 5.41) is 3.58. The van der Waals surface area contributed by atoms with Crippen LogP contribution in [0.5, 0.6) is 0 Å². The van der Waals surface area contributed by atoms with E-state index in [9.17, 15) is 19.1 Å². The van der Waals surface area contributed by atoms with Crippen molar-refractivity contribution >= 4 is 14.1 Å². The van der Waals surface area contributed by atoms with Crippen LogP contribution in [0.15, 0.2) is 10.6 Å². The van der Waals surface area contributed by atoms with E-state index >= 15 is 0 Å². The molecule has 0 aromatic carbocycles. The Kier molecular flexibility index (Phi) is 4.57. The molecule has 8 heteroatoms. The molecule has 0 saturated carbocycles. The molecule has 0 aliphatic rings. The highest BCUT2D eigenvalue weighted by Crippen LogP contribution is 2.60. The molecule has 0 aliphatic heterocycles. The predicted octanol–water partition coefficient (Wildman–Crippen LogP) is 2.88. The Morgan fingerprint density at radius 3 is 1.95 bits per heavy atom. The van der Waals surface area contributed by atoms with E-state index in [1.165, 1.54) is 6.07 Å². The summed E-state index contributed by atoms with van der Waals surface area (Å²) in [6, 6.07) is 1.35. The second kappa shape index (κ2) is 5.32. The van der Waals surface area contributed by atoms with Crippen molar-refractivity contribution < 1.29 is 28.2 Å². The molecule has 0 bridgehead atoms. The summed E-state index contributed by atoms with van der Waals surface area (Å²) in [7, 11) is -4.82. The number of nitrogens with zero attached hydrogens (tertiary/aromatic N) is 1. The third kappa shape index (κ3) is 3.43. The standard InChI is InChI=1S/C13H22NO6P/c1-11(2,3)13(12(4,5)6,20-21(16,17)18)10-7-9(8-15)14-19-10/h7-8H,1-6H3,(H2,16,17,18). The predicted molar refractivity (Wildman–Crippen MR) is 75.6 cm³/mol. The summed E-state index contributed by atoms with van der Waals surface area (Å²) in [6.45, 7) is 10.6. The maximum absolute atomic E-state index is 11.5. The smallest absolute Gasteiger partial charge is 0.357 e. The van der Waals surface area contributed by atoms with Gasteiger partial charge in [0, 0.05) is 6.07 Å². The first-order valence-electron chi connectivity index (χ1n) is 6.43. The first kappa shape index (κ1) is 18.0. The maximum Gasteiger partial charge on any atom is 0.470 e. The fourth-order valence-electron chi connectivity index (χ4n) is 2.87. The van der Waals surface area contributed by atoms with Crippen molar-refractivity contribution in [2.24, 2.45) is 10.8 Å². The zero-order chi connectivity index (χ0) is 16.7. The minimum atomic E-state index is -4.82. The lowest BCUT2D eigenvalue weighted by molar-refractivity contribution is -0.150. The minimum absolute atomic E-state index is 0.0391. The Labute approximate surface area is 123 Å². The van der Waals surface area contributed by atoms with Gasteiger partial charge in [0.2, 0.25) is 0 Å². The van der Waals surface area contributed by atoms with Gasteiger partial charge >= 0.3 is 7.82 Å². The normalized spacial score (nSPS) is 14.3. The molecule has 0 unspecified atom stereocenters. The van der Waals surface area contributed by atoms with Gasteiger partial charge in [-0.25, -0.2) is 4.57 Å². The van der Waals surface area contributed by atoms with Gasteiger partial charge < -0.3 is 14.3 Å². The molecule has 7 nitrogen and oxygen atoms in total. The van der Waals surface area contributed by atoms with E-state index in [0.717, 1.165) is 0 Å². The monoisotopic (exact) mass is 319 g/mol. The molecular formula is C13H22NO6P. The van der Waals surface area contributed by atoms with Crippen LogP contribution in [0.3, 0.4) is 0 Å². The van der Waals surface area contributed by atoms with Crippen molar-refractivity contribution in [1.82, 2.24) is 5.16 Å².